The number of aryl methyl sites for hydroxylation is 1. The van der Waals surface area contributed by atoms with E-state index in [1.165, 1.54) is 11.6 Å². The van der Waals surface area contributed by atoms with Gasteiger partial charge in [-0.25, -0.2) is 0 Å². The van der Waals surface area contributed by atoms with Gasteiger partial charge in [0.25, 0.3) is 0 Å². The number of hydrogen-bond donors (Lipinski definition) is 1. The zero-order valence-electron chi connectivity index (χ0n) is 19.8. The summed E-state index contributed by atoms with van der Waals surface area (Å²) in [6.07, 6.45) is -2.33. The molecule has 0 amide bonds. The lowest BCUT2D eigenvalue weighted by molar-refractivity contribution is -0.136. The number of nitrogens with one attached hydrogen (secondary N) is 1. The van der Waals surface area contributed by atoms with Crippen molar-refractivity contribution in [3.63, 3.8) is 0 Å². The quantitative estimate of drug-likeness (QED) is 0.263. The molecule has 4 aromatic carbocycles. The van der Waals surface area contributed by atoms with Gasteiger partial charge in [0.1, 0.15) is 0 Å². The lowest BCUT2D eigenvalue weighted by atomic mass is 9.91. The van der Waals surface area contributed by atoms with Crippen molar-refractivity contribution in [1.82, 2.24) is 4.98 Å². The van der Waals surface area contributed by atoms with Crippen LogP contribution in [0.15, 0.2) is 103 Å². The number of rotatable bonds is 6. The molecular weight excluding hydrogens is 457 g/mol. The van der Waals surface area contributed by atoms with Crippen LogP contribution in [0.3, 0.4) is 0 Å². The lowest BCUT2D eigenvalue weighted by Crippen LogP contribution is -2.07. The number of aromatic nitrogens is 1. The maximum atomic E-state index is 13.8. The zero-order chi connectivity index (χ0) is 25.1. The third-order valence-electron chi connectivity index (χ3n) is 6.29. The molecule has 0 spiro atoms. The fourth-order valence-electron chi connectivity index (χ4n) is 4.48. The molecular formula is C31H25F3N2. The van der Waals surface area contributed by atoms with Gasteiger partial charge in [-0.15, -0.1) is 0 Å². The molecule has 5 heteroatoms. The van der Waals surface area contributed by atoms with Crippen LogP contribution in [0.2, 0.25) is 0 Å². The van der Waals surface area contributed by atoms with E-state index in [0.717, 1.165) is 39.6 Å². The van der Waals surface area contributed by atoms with Crippen LogP contribution in [0.5, 0.6) is 0 Å². The fourth-order valence-corrected chi connectivity index (χ4v) is 4.48. The van der Waals surface area contributed by atoms with Gasteiger partial charge in [-0.2, -0.15) is 13.2 Å². The SMILES string of the molecule is Cc1ccc(CNc2cccc(-c3c(Cc4ccccc4)cnc4c(C(F)(F)F)cccc34)c2)cc1. The summed E-state index contributed by atoms with van der Waals surface area (Å²) in [5.74, 6) is 0. The number of benzene rings is 4. The van der Waals surface area contributed by atoms with Gasteiger partial charge in [0.05, 0.1) is 11.1 Å². The van der Waals surface area contributed by atoms with Crippen LogP contribution >= 0.6 is 0 Å². The van der Waals surface area contributed by atoms with E-state index in [0.29, 0.717) is 18.4 Å². The lowest BCUT2D eigenvalue weighted by Gasteiger charge is -2.17. The molecule has 1 aromatic heterocycles. The van der Waals surface area contributed by atoms with Crippen LogP contribution in [0.25, 0.3) is 22.0 Å². The molecule has 0 aliphatic rings. The van der Waals surface area contributed by atoms with Gasteiger partial charge in [0.15, 0.2) is 0 Å². The third-order valence-corrected chi connectivity index (χ3v) is 6.29. The van der Waals surface area contributed by atoms with Crippen LogP contribution < -0.4 is 5.32 Å². The van der Waals surface area contributed by atoms with Gasteiger partial charge >= 0.3 is 6.18 Å². The Labute approximate surface area is 208 Å². The minimum atomic E-state index is -4.48. The molecule has 0 fully saturated rings. The molecule has 1 heterocycles. The Morgan fingerprint density at radius 2 is 1.53 bits per heavy atom. The van der Waals surface area contributed by atoms with E-state index in [1.54, 1.807) is 12.3 Å². The summed E-state index contributed by atoms with van der Waals surface area (Å²) < 4.78 is 41.4. The standard InChI is InChI=1S/C31H25F3N2/c1-21-13-15-23(16-14-21)19-35-26-10-5-9-24(18-26)29-25(17-22-7-3-2-4-8-22)20-36-30-27(29)11-6-12-28(30)31(32,33)34/h2-16,18,20,35H,17,19H2,1H3. The Morgan fingerprint density at radius 3 is 2.28 bits per heavy atom. The minimum absolute atomic E-state index is 0.0326. The number of pyridine rings is 1. The third kappa shape index (κ3) is 5.10. The van der Waals surface area contributed by atoms with Gasteiger partial charge < -0.3 is 5.32 Å². The van der Waals surface area contributed by atoms with E-state index in [1.807, 2.05) is 54.6 Å². The Kier molecular flexibility index (Phi) is 6.47. The molecule has 0 bridgehead atoms. The van der Waals surface area contributed by atoms with Crippen molar-refractivity contribution in [2.75, 3.05) is 5.32 Å². The molecule has 0 atom stereocenters. The van der Waals surface area contributed by atoms with E-state index in [2.05, 4.69) is 41.5 Å². The fraction of sp³-hybridized carbons (Fsp3) is 0.129. The summed E-state index contributed by atoms with van der Waals surface area (Å²) >= 11 is 0. The number of alkyl halides is 3. The highest BCUT2D eigenvalue weighted by Crippen LogP contribution is 2.39. The van der Waals surface area contributed by atoms with Crippen molar-refractivity contribution in [2.45, 2.75) is 26.1 Å². The predicted octanol–water partition coefficient (Wildman–Crippen LogP) is 8.43. The summed E-state index contributed by atoms with van der Waals surface area (Å²) in [6, 6.07) is 30.3. The first-order valence-corrected chi connectivity index (χ1v) is 11.8. The molecule has 0 radical (unpaired) electrons. The Hall–Kier alpha value is -4.12. The molecule has 36 heavy (non-hydrogen) atoms. The van der Waals surface area contributed by atoms with E-state index in [-0.39, 0.29) is 5.52 Å². The summed E-state index contributed by atoms with van der Waals surface area (Å²) in [5, 5.41) is 3.94. The smallest absolute Gasteiger partial charge is 0.381 e. The normalized spacial score (nSPS) is 11.6. The number of anilines is 1. The van der Waals surface area contributed by atoms with Gasteiger partial charge in [-0.1, -0.05) is 84.4 Å². The van der Waals surface area contributed by atoms with Crippen LogP contribution in [0.4, 0.5) is 18.9 Å². The average molecular weight is 483 g/mol. The summed E-state index contributed by atoms with van der Waals surface area (Å²) in [5.41, 5.74) is 6.07. The van der Waals surface area contributed by atoms with E-state index >= 15 is 0 Å². The molecule has 0 aliphatic carbocycles. The van der Waals surface area contributed by atoms with Crippen molar-refractivity contribution in [3.8, 4) is 11.1 Å². The molecule has 5 aromatic rings. The number of fused-ring (bicyclic) bond motifs is 1. The van der Waals surface area contributed by atoms with E-state index in [9.17, 15) is 13.2 Å². The van der Waals surface area contributed by atoms with Crippen molar-refractivity contribution in [3.05, 3.63) is 131 Å². The average Bonchev–Trinajstić information content (AvgIpc) is 2.88. The van der Waals surface area contributed by atoms with Crippen molar-refractivity contribution >= 4 is 16.6 Å². The molecule has 2 nitrogen and oxygen atoms in total. The van der Waals surface area contributed by atoms with Crippen LogP contribution in [0.1, 0.15) is 27.8 Å². The molecule has 0 unspecified atom stereocenters. The van der Waals surface area contributed by atoms with Crippen molar-refractivity contribution < 1.29 is 13.2 Å². The summed E-state index contributed by atoms with van der Waals surface area (Å²) in [7, 11) is 0. The largest absolute Gasteiger partial charge is 0.418 e. The second kappa shape index (κ2) is 9.86. The molecule has 1 N–H and O–H groups in total. The highest BCUT2D eigenvalue weighted by Gasteiger charge is 2.33. The molecule has 5 rings (SSSR count). The Morgan fingerprint density at radius 1 is 0.778 bits per heavy atom. The van der Waals surface area contributed by atoms with E-state index in [4.69, 9.17) is 0 Å². The molecule has 0 saturated heterocycles. The second-order valence-electron chi connectivity index (χ2n) is 8.94. The predicted molar refractivity (Wildman–Crippen MR) is 140 cm³/mol. The maximum absolute atomic E-state index is 13.8. The first-order chi connectivity index (χ1) is 17.4. The van der Waals surface area contributed by atoms with Crippen molar-refractivity contribution in [2.24, 2.45) is 0 Å². The first-order valence-electron chi connectivity index (χ1n) is 11.8. The van der Waals surface area contributed by atoms with Gasteiger partial charge in [-0.3, -0.25) is 4.98 Å². The molecule has 0 aliphatic heterocycles. The van der Waals surface area contributed by atoms with Crippen LogP contribution in [-0.2, 0) is 19.1 Å². The number of para-hydroxylation sites is 1. The minimum Gasteiger partial charge on any atom is -0.381 e. The molecule has 0 saturated carbocycles. The highest BCUT2D eigenvalue weighted by atomic mass is 19.4. The Balaban J connectivity index is 1.60. The Bertz CT molecular complexity index is 1490. The summed E-state index contributed by atoms with van der Waals surface area (Å²) in [4.78, 5) is 4.30. The number of nitrogens with zero attached hydrogens (tertiary/aromatic N) is 1. The van der Waals surface area contributed by atoms with Gasteiger partial charge in [0.2, 0.25) is 0 Å². The summed E-state index contributed by atoms with van der Waals surface area (Å²) in [6.45, 7) is 2.70. The van der Waals surface area contributed by atoms with Crippen LogP contribution in [0, 0.1) is 6.92 Å². The van der Waals surface area contributed by atoms with Crippen LogP contribution in [-0.4, -0.2) is 4.98 Å². The maximum Gasteiger partial charge on any atom is 0.418 e. The van der Waals surface area contributed by atoms with Gasteiger partial charge in [-0.05, 0) is 59.4 Å². The number of halogens is 3. The number of hydrogen-bond acceptors (Lipinski definition) is 2. The van der Waals surface area contributed by atoms with Crippen molar-refractivity contribution in [1.29, 1.82) is 0 Å². The van der Waals surface area contributed by atoms with Gasteiger partial charge in [0, 0.05) is 23.8 Å². The molecule has 180 valence electrons. The zero-order valence-corrected chi connectivity index (χ0v) is 19.8. The first kappa shape index (κ1) is 23.6. The second-order valence-corrected chi connectivity index (χ2v) is 8.94. The monoisotopic (exact) mass is 482 g/mol. The highest BCUT2D eigenvalue weighted by molar-refractivity contribution is 5.98. The van der Waals surface area contributed by atoms with E-state index < -0.39 is 11.7 Å². The topological polar surface area (TPSA) is 24.9 Å².